The molecule has 0 aromatic heterocycles. The van der Waals surface area contributed by atoms with Crippen LogP contribution in [0.4, 0.5) is 13.2 Å². The molecule has 1 amide bonds. The zero-order valence-electron chi connectivity index (χ0n) is 19.2. The molecule has 0 fully saturated rings. The van der Waals surface area contributed by atoms with Gasteiger partial charge in [-0.3, -0.25) is 4.79 Å². The molecule has 1 N–H and O–H groups in total. The first-order valence-electron chi connectivity index (χ1n) is 10.8. The average molecular weight is 536 g/mol. The van der Waals surface area contributed by atoms with Gasteiger partial charge in [-0.1, -0.05) is 47.6 Å². The maximum absolute atomic E-state index is 13.0. The summed E-state index contributed by atoms with van der Waals surface area (Å²) in [6.45, 7) is 1.66. The van der Waals surface area contributed by atoms with E-state index < -0.39 is 23.8 Å². The number of carbonyl (C=O) groups excluding carboxylic acids is 2. The quantitative estimate of drug-likeness (QED) is 0.472. The van der Waals surface area contributed by atoms with E-state index in [2.05, 4.69) is 10.3 Å². The van der Waals surface area contributed by atoms with Gasteiger partial charge in [0.05, 0.1) is 36.4 Å². The van der Waals surface area contributed by atoms with Gasteiger partial charge >= 0.3 is 12.1 Å². The van der Waals surface area contributed by atoms with Crippen molar-refractivity contribution in [1.29, 1.82) is 0 Å². The maximum atomic E-state index is 13.0. The van der Waals surface area contributed by atoms with Crippen molar-refractivity contribution >= 4 is 40.4 Å². The number of rotatable bonds is 6. The number of nitrogens with one attached hydrogen (secondary N) is 1. The van der Waals surface area contributed by atoms with Gasteiger partial charge in [-0.2, -0.15) is 13.2 Å². The molecule has 188 valence electrons. The number of alkyl halides is 3. The molecule has 2 aliphatic heterocycles. The number of halogens is 4. The van der Waals surface area contributed by atoms with Gasteiger partial charge in [-0.25, -0.2) is 9.79 Å². The lowest BCUT2D eigenvalue weighted by atomic mass is 9.94. The number of aliphatic imine (C=N–C) groups is 1. The average Bonchev–Trinajstić information content (AvgIpc) is 3.23. The van der Waals surface area contributed by atoms with Gasteiger partial charge in [0.2, 0.25) is 5.91 Å². The van der Waals surface area contributed by atoms with Crippen LogP contribution in [-0.2, 0) is 27.0 Å². The first-order valence-corrected chi connectivity index (χ1v) is 12.0. The minimum absolute atomic E-state index is 0.0584. The molecule has 36 heavy (non-hydrogen) atoms. The number of amidine groups is 1. The van der Waals surface area contributed by atoms with Crippen molar-refractivity contribution in [2.45, 2.75) is 32.1 Å². The lowest BCUT2D eigenvalue weighted by Gasteiger charge is -2.36. The largest absolute Gasteiger partial charge is 0.466 e. The Bertz CT molecular complexity index is 1290. The molecule has 2 heterocycles. The van der Waals surface area contributed by atoms with E-state index in [0.717, 1.165) is 17.7 Å². The third-order valence-corrected chi connectivity index (χ3v) is 6.82. The Morgan fingerprint density at radius 1 is 1.19 bits per heavy atom. The molecule has 1 atom stereocenters. The molecule has 0 saturated heterocycles. The molecule has 0 radical (unpaired) electrons. The van der Waals surface area contributed by atoms with Crippen LogP contribution in [0.3, 0.4) is 0 Å². The molecule has 2 aromatic rings. The summed E-state index contributed by atoms with van der Waals surface area (Å²) in [6.07, 6.45) is -4.53. The van der Waals surface area contributed by atoms with E-state index in [1.165, 1.54) is 31.0 Å². The number of methoxy groups -OCH3 is 1. The second kappa shape index (κ2) is 10.4. The van der Waals surface area contributed by atoms with Crippen LogP contribution in [-0.4, -0.2) is 29.1 Å². The Morgan fingerprint density at radius 2 is 1.92 bits per heavy atom. The highest BCUT2D eigenvalue weighted by molar-refractivity contribution is 8.16. The Labute approximate surface area is 214 Å². The smallest absolute Gasteiger partial charge is 0.416 e. The lowest BCUT2D eigenvalue weighted by Crippen LogP contribution is -2.37. The van der Waals surface area contributed by atoms with Gasteiger partial charge in [0, 0.05) is 17.3 Å². The van der Waals surface area contributed by atoms with Crippen LogP contribution in [0.5, 0.6) is 0 Å². The number of amides is 1. The van der Waals surface area contributed by atoms with Crippen LogP contribution < -0.4 is 5.32 Å². The number of ether oxygens (including phenoxy) is 1. The van der Waals surface area contributed by atoms with Gasteiger partial charge in [0.1, 0.15) is 0 Å². The lowest BCUT2D eigenvalue weighted by molar-refractivity contribution is -0.138. The summed E-state index contributed by atoms with van der Waals surface area (Å²) in [6, 6.07) is 11.2. The minimum Gasteiger partial charge on any atom is -0.466 e. The van der Waals surface area contributed by atoms with Crippen molar-refractivity contribution in [3.8, 4) is 0 Å². The van der Waals surface area contributed by atoms with Crippen LogP contribution in [0.2, 0.25) is 5.02 Å². The minimum atomic E-state index is -4.46. The second-order valence-corrected chi connectivity index (χ2v) is 9.36. The fourth-order valence-electron chi connectivity index (χ4n) is 3.99. The number of nitrogens with zero attached hydrogens (tertiary/aromatic N) is 2. The molecular weight excluding hydrogens is 515 g/mol. The summed E-state index contributed by atoms with van der Waals surface area (Å²) in [7, 11) is 1.29. The van der Waals surface area contributed by atoms with E-state index >= 15 is 0 Å². The summed E-state index contributed by atoms with van der Waals surface area (Å²) < 4.78 is 43.9. The number of thioether (sulfide) groups is 1. The molecule has 2 aromatic carbocycles. The zero-order chi connectivity index (χ0) is 26.0. The number of fused-ring (bicyclic) bond motifs is 1. The molecule has 4 rings (SSSR count). The van der Waals surface area contributed by atoms with Crippen molar-refractivity contribution < 1.29 is 27.5 Å². The fraction of sp³-hybridized carbons (Fsp3) is 0.240. The van der Waals surface area contributed by atoms with Crippen molar-refractivity contribution in [3.05, 3.63) is 92.6 Å². The van der Waals surface area contributed by atoms with E-state index in [0.29, 0.717) is 32.7 Å². The predicted octanol–water partition coefficient (Wildman–Crippen LogP) is 5.81. The molecule has 2 aliphatic rings. The topological polar surface area (TPSA) is 71.0 Å². The van der Waals surface area contributed by atoms with Crippen molar-refractivity contribution in [3.63, 3.8) is 0 Å². The number of allylic oxidation sites excluding steroid dienone is 1. The number of carbonyl (C=O) groups is 2. The van der Waals surface area contributed by atoms with E-state index in [9.17, 15) is 22.8 Å². The van der Waals surface area contributed by atoms with Crippen LogP contribution in [0.1, 0.15) is 36.1 Å². The van der Waals surface area contributed by atoms with E-state index in [1.54, 1.807) is 41.5 Å². The highest BCUT2D eigenvalue weighted by Crippen LogP contribution is 2.45. The fourth-order valence-corrected chi connectivity index (χ4v) is 5.08. The molecule has 11 heteroatoms. The van der Waals surface area contributed by atoms with Crippen LogP contribution >= 0.6 is 23.4 Å². The third-order valence-electron chi connectivity index (χ3n) is 5.68. The first kappa shape index (κ1) is 25.8. The molecular formula is C25H21ClF3N3O3S. The van der Waals surface area contributed by atoms with E-state index in [-0.39, 0.29) is 18.9 Å². The molecule has 6 nitrogen and oxygen atoms in total. The molecule has 1 unspecified atom stereocenters. The standard InChI is InChI=1S/C25H21ClF3N3O3S/c1-14-21(23(34)35-2)22(16-6-8-18(26)9-7-16)32-19(13-36-24(32)31-14)11-20(33)30-12-15-4-3-5-17(10-15)25(27,28)29/h3-10,13,22H,11-12H2,1-2H3,(H,30,33). The summed E-state index contributed by atoms with van der Waals surface area (Å²) in [4.78, 5) is 31.8. The van der Waals surface area contributed by atoms with Crippen molar-refractivity contribution in [1.82, 2.24) is 10.2 Å². The first-order chi connectivity index (χ1) is 17.1. The van der Waals surface area contributed by atoms with E-state index in [4.69, 9.17) is 16.3 Å². The van der Waals surface area contributed by atoms with Gasteiger partial charge in [-0.05, 0) is 47.7 Å². The zero-order valence-corrected chi connectivity index (χ0v) is 20.8. The summed E-state index contributed by atoms with van der Waals surface area (Å²) in [5.74, 6) is -0.929. The number of hydrogen-bond donors (Lipinski definition) is 1. The summed E-state index contributed by atoms with van der Waals surface area (Å²) >= 11 is 7.38. The number of benzene rings is 2. The highest BCUT2D eigenvalue weighted by atomic mass is 35.5. The molecule has 0 saturated carbocycles. The van der Waals surface area contributed by atoms with Gasteiger partial charge in [-0.15, -0.1) is 0 Å². The van der Waals surface area contributed by atoms with Gasteiger partial charge in [0.15, 0.2) is 5.17 Å². The summed E-state index contributed by atoms with van der Waals surface area (Å²) in [5, 5.41) is 5.58. The number of hydrogen-bond acceptors (Lipinski definition) is 6. The molecule has 0 spiro atoms. The van der Waals surface area contributed by atoms with Crippen molar-refractivity contribution in [2.75, 3.05) is 7.11 Å². The maximum Gasteiger partial charge on any atom is 0.416 e. The SMILES string of the molecule is COC(=O)C1=C(C)N=C2SC=C(CC(=O)NCc3cccc(C(F)(F)F)c3)N2C1c1ccc(Cl)cc1. The monoisotopic (exact) mass is 535 g/mol. The van der Waals surface area contributed by atoms with Gasteiger partial charge < -0.3 is 15.0 Å². The molecule has 0 bridgehead atoms. The van der Waals surface area contributed by atoms with Crippen LogP contribution in [0.25, 0.3) is 0 Å². The van der Waals surface area contributed by atoms with Crippen LogP contribution in [0.15, 0.2) is 75.9 Å². The second-order valence-electron chi connectivity index (χ2n) is 8.09. The predicted molar refractivity (Wildman–Crippen MR) is 132 cm³/mol. The number of esters is 1. The summed E-state index contributed by atoms with van der Waals surface area (Å²) in [5.41, 5.74) is 1.74. The van der Waals surface area contributed by atoms with Crippen LogP contribution in [0, 0.1) is 0 Å². The highest BCUT2D eigenvalue weighted by Gasteiger charge is 2.41. The third kappa shape index (κ3) is 5.44. The van der Waals surface area contributed by atoms with Crippen molar-refractivity contribution in [2.24, 2.45) is 4.99 Å². The normalized spacial score (nSPS) is 17.4. The Morgan fingerprint density at radius 3 is 2.58 bits per heavy atom. The Balaban J connectivity index is 1.55. The Kier molecular flexibility index (Phi) is 7.46. The Hall–Kier alpha value is -3.24. The van der Waals surface area contributed by atoms with Gasteiger partial charge in [0.25, 0.3) is 0 Å². The van der Waals surface area contributed by atoms with E-state index in [1.807, 2.05) is 0 Å². The molecule has 0 aliphatic carbocycles.